The molecule has 1 aromatic rings. The first-order valence-electron chi connectivity index (χ1n) is 2.88. The minimum Gasteiger partial charge on any atom is -0.410 e. The van der Waals surface area contributed by atoms with E-state index in [2.05, 4.69) is 5.16 Å². The minimum absolute atomic E-state index is 0.00407. The molecule has 1 N–H and O–H groups in total. The molecule has 0 aromatic heterocycles. The molecule has 0 atom stereocenters. The quantitative estimate of drug-likeness (QED) is 0.412. The van der Waals surface area contributed by atoms with Crippen molar-refractivity contribution in [2.24, 2.45) is 5.16 Å². The Hall–Kier alpha value is -0.730. The first kappa shape index (κ1) is 8.37. The summed E-state index contributed by atoms with van der Waals surface area (Å²) in [5.41, 5.74) is 0.526. The van der Waals surface area contributed by atoms with E-state index in [1.807, 2.05) is 0 Å². The van der Waals surface area contributed by atoms with E-state index in [0.717, 1.165) is 0 Å². The van der Waals surface area contributed by atoms with Crippen LogP contribution in [0.5, 0.6) is 0 Å². The minimum atomic E-state index is -0.00407. The van der Waals surface area contributed by atoms with Crippen molar-refractivity contribution >= 4 is 28.4 Å². The van der Waals surface area contributed by atoms with Crippen LogP contribution in [0.3, 0.4) is 0 Å². The summed E-state index contributed by atoms with van der Waals surface area (Å²) in [5.74, 6) is 0. The number of rotatable bonds is 1. The smallest absolute Gasteiger partial charge is 0.176 e. The van der Waals surface area contributed by atoms with Crippen molar-refractivity contribution in [3.63, 3.8) is 0 Å². The van der Waals surface area contributed by atoms with Crippen LogP contribution in [0.2, 0.25) is 5.02 Å². The van der Waals surface area contributed by atoms with Crippen molar-refractivity contribution < 1.29 is 5.21 Å². The second-order valence-electron chi connectivity index (χ2n) is 1.87. The summed E-state index contributed by atoms with van der Waals surface area (Å²) in [7, 11) is 0. The third-order valence-corrected chi connectivity index (χ3v) is 1.79. The van der Waals surface area contributed by atoms with Gasteiger partial charge in [0.15, 0.2) is 5.17 Å². The Kier molecular flexibility index (Phi) is 2.74. The van der Waals surface area contributed by atoms with Gasteiger partial charge in [0, 0.05) is 5.56 Å². The zero-order chi connectivity index (χ0) is 8.27. The van der Waals surface area contributed by atoms with Crippen molar-refractivity contribution in [1.29, 1.82) is 0 Å². The Morgan fingerprint density at radius 1 is 1.36 bits per heavy atom. The average Bonchev–Trinajstić information content (AvgIpc) is 2.04. The second-order valence-corrected chi connectivity index (χ2v) is 2.64. The topological polar surface area (TPSA) is 32.6 Å². The Labute approximate surface area is 74.0 Å². The average molecular weight is 190 g/mol. The highest BCUT2D eigenvalue weighted by molar-refractivity contribution is 6.70. The van der Waals surface area contributed by atoms with Crippen molar-refractivity contribution in [3.8, 4) is 0 Å². The van der Waals surface area contributed by atoms with Gasteiger partial charge in [0.25, 0.3) is 0 Å². The maximum absolute atomic E-state index is 8.31. The largest absolute Gasteiger partial charge is 0.410 e. The fourth-order valence-electron chi connectivity index (χ4n) is 0.682. The molecule has 1 aromatic carbocycles. The lowest BCUT2D eigenvalue weighted by Gasteiger charge is -1.97. The predicted octanol–water partition coefficient (Wildman–Crippen LogP) is 2.71. The summed E-state index contributed by atoms with van der Waals surface area (Å²) >= 11 is 11.2. The monoisotopic (exact) mass is 189 g/mol. The summed E-state index contributed by atoms with van der Waals surface area (Å²) < 4.78 is 0. The van der Waals surface area contributed by atoms with Gasteiger partial charge in [-0.1, -0.05) is 46.6 Å². The van der Waals surface area contributed by atoms with Crippen molar-refractivity contribution in [3.05, 3.63) is 34.9 Å². The first-order valence-corrected chi connectivity index (χ1v) is 3.63. The molecule has 0 heterocycles. The molecule has 0 amide bonds. The van der Waals surface area contributed by atoms with E-state index in [0.29, 0.717) is 10.6 Å². The van der Waals surface area contributed by atoms with Crippen LogP contribution in [0.25, 0.3) is 0 Å². The van der Waals surface area contributed by atoms with Crippen LogP contribution in [0.1, 0.15) is 5.56 Å². The first-order chi connectivity index (χ1) is 5.25. The van der Waals surface area contributed by atoms with E-state index >= 15 is 0 Å². The second kappa shape index (κ2) is 3.60. The van der Waals surface area contributed by atoms with E-state index < -0.39 is 0 Å². The standard InChI is InChI=1S/C7H5Cl2NO/c8-6-4-2-1-3-5(6)7(9)10-11/h1-4,11H/b10-7+. The third-order valence-electron chi connectivity index (χ3n) is 1.18. The predicted molar refractivity (Wildman–Crippen MR) is 45.6 cm³/mol. The van der Waals surface area contributed by atoms with Crippen molar-refractivity contribution in [1.82, 2.24) is 0 Å². The normalized spacial score (nSPS) is 11.6. The SMILES string of the molecule is O/N=C(/Cl)c1ccccc1Cl. The van der Waals surface area contributed by atoms with Gasteiger partial charge in [-0.25, -0.2) is 0 Å². The van der Waals surface area contributed by atoms with Crippen LogP contribution in [-0.4, -0.2) is 10.4 Å². The molecular weight excluding hydrogens is 185 g/mol. The summed E-state index contributed by atoms with van der Waals surface area (Å²) in [4.78, 5) is 0. The Balaban J connectivity index is 3.14. The molecule has 0 bridgehead atoms. The molecule has 0 aliphatic carbocycles. The summed E-state index contributed by atoms with van der Waals surface area (Å²) in [5, 5.41) is 11.6. The molecule has 0 fully saturated rings. The fourth-order valence-corrected chi connectivity index (χ4v) is 1.12. The molecule has 0 spiro atoms. The number of hydrogen-bond donors (Lipinski definition) is 1. The Morgan fingerprint density at radius 2 is 2.00 bits per heavy atom. The summed E-state index contributed by atoms with van der Waals surface area (Å²) in [6, 6.07) is 6.87. The Bertz CT molecular complexity index is 286. The van der Waals surface area contributed by atoms with E-state index in [4.69, 9.17) is 28.4 Å². The van der Waals surface area contributed by atoms with Gasteiger partial charge >= 0.3 is 0 Å². The van der Waals surface area contributed by atoms with Gasteiger partial charge in [0.2, 0.25) is 0 Å². The molecule has 1 rings (SSSR count). The van der Waals surface area contributed by atoms with Gasteiger partial charge in [-0.15, -0.1) is 0 Å². The van der Waals surface area contributed by atoms with Crippen LogP contribution < -0.4 is 0 Å². The highest BCUT2D eigenvalue weighted by Gasteiger charge is 2.03. The van der Waals surface area contributed by atoms with Crippen LogP contribution in [0.15, 0.2) is 29.4 Å². The number of oxime groups is 1. The van der Waals surface area contributed by atoms with Gasteiger partial charge < -0.3 is 5.21 Å². The molecule has 0 radical (unpaired) electrons. The maximum Gasteiger partial charge on any atom is 0.176 e. The van der Waals surface area contributed by atoms with E-state index in [-0.39, 0.29) is 5.17 Å². The highest BCUT2D eigenvalue weighted by atomic mass is 35.5. The Morgan fingerprint density at radius 3 is 2.55 bits per heavy atom. The lowest BCUT2D eigenvalue weighted by molar-refractivity contribution is 0.321. The van der Waals surface area contributed by atoms with E-state index in [1.54, 1.807) is 24.3 Å². The third kappa shape index (κ3) is 1.85. The molecule has 2 nitrogen and oxygen atoms in total. The lowest BCUT2D eigenvalue weighted by atomic mass is 10.2. The van der Waals surface area contributed by atoms with Crippen LogP contribution in [0, 0.1) is 0 Å². The van der Waals surface area contributed by atoms with E-state index in [1.165, 1.54) is 0 Å². The molecule has 0 aliphatic heterocycles. The molecule has 58 valence electrons. The number of benzene rings is 1. The molecule has 0 saturated heterocycles. The fraction of sp³-hybridized carbons (Fsp3) is 0. The molecule has 0 unspecified atom stereocenters. The summed E-state index contributed by atoms with van der Waals surface area (Å²) in [6.45, 7) is 0. The zero-order valence-corrected chi connectivity index (χ0v) is 6.97. The van der Waals surface area contributed by atoms with Gasteiger partial charge in [0.05, 0.1) is 5.02 Å². The number of nitrogens with zero attached hydrogens (tertiary/aromatic N) is 1. The van der Waals surface area contributed by atoms with E-state index in [9.17, 15) is 0 Å². The van der Waals surface area contributed by atoms with Crippen molar-refractivity contribution in [2.45, 2.75) is 0 Å². The molecule has 0 aliphatic rings. The van der Waals surface area contributed by atoms with Gasteiger partial charge in [0.1, 0.15) is 0 Å². The molecule has 4 heteroatoms. The lowest BCUT2D eigenvalue weighted by Crippen LogP contribution is -1.90. The van der Waals surface area contributed by atoms with Gasteiger partial charge in [-0.2, -0.15) is 0 Å². The zero-order valence-electron chi connectivity index (χ0n) is 5.46. The van der Waals surface area contributed by atoms with Gasteiger partial charge in [-0.05, 0) is 6.07 Å². The highest BCUT2D eigenvalue weighted by Crippen LogP contribution is 2.17. The van der Waals surface area contributed by atoms with Crippen molar-refractivity contribution in [2.75, 3.05) is 0 Å². The summed E-state index contributed by atoms with van der Waals surface area (Å²) in [6.07, 6.45) is 0. The number of halogens is 2. The van der Waals surface area contributed by atoms with Crippen LogP contribution in [-0.2, 0) is 0 Å². The molecular formula is C7H5Cl2NO. The van der Waals surface area contributed by atoms with Crippen LogP contribution >= 0.6 is 23.2 Å². The molecule has 11 heavy (non-hydrogen) atoms. The van der Waals surface area contributed by atoms with Crippen LogP contribution in [0.4, 0.5) is 0 Å². The maximum atomic E-state index is 8.31. The van der Waals surface area contributed by atoms with Gasteiger partial charge in [-0.3, -0.25) is 0 Å². The molecule has 0 saturated carbocycles. The number of hydrogen-bond acceptors (Lipinski definition) is 2.